The monoisotopic (exact) mass is 360 g/mol. The van der Waals surface area contributed by atoms with Gasteiger partial charge in [0.15, 0.2) is 6.10 Å². The lowest BCUT2D eigenvalue weighted by Gasteiger charge is -2.14. The summed E-state index contributed by atoms with van der Waals surface area (Å²) in [6.07, 6.45) is -1.15. The van der Waals surface area contributed by atoms with Crippen molar-refractivity contribution in [3.8, 4) is 0 Å². The van der Waals surface area contributed by atoms with E-state index < -0.39 is 34.4 Å². The summed E-state index contributed by atoms with van der Waals surface area (Å²) in [6, 6.07) is 8.14. The Morgan fingerprint density at radius 1 is 1.19 bits per heavy atom. The van der Waals surface area contributed by atoms with Crippen LogP contribution in [0.5, 0.6) is 0 Å². The number of esters is 1. The third-order valence-corrected chi connectivity index (χ3v) is 3.67. The highest BCUT2D eigenvalue weighted by molar-refractivity contribution is 5.98. The van der Waals surface area contributed by atoms with Crippen LogP contribution in [0.1, 0.15) is 28.4 Å². The Kier molecular flexibility index (Phi) is 5.66. The molecule has 0 heterocycles. The summed E-state index contributed by atoms with van der Waals surface area (Å²) in [7, 11) is 0. The maximum absolute atomic E-state index is 13.3. The molecule has 8 heteroatoms. The minimum atomic E-state index is -1.15. The van der Waals surface area contributed by atoms with Crippen molar-refractivity contribution in [3.05, 3.63) is 69.0 Å². The number of carbonyl (C=O) groups is 2. The van der Waals surface area contributed by atoms with Gasteiger partial charge in [-0.25, -0.2) is 4.79 Å². The molecular formula is C18H17FN2O5. The molecule has 0 aliphatic rings. The van der Waals surface area contributed by atoms with Crippen LogP contribution in [0.2, 0.25) is 0 Å². The van der Waals surface area contributed by atoms with Gasteiger partial charge in [0.25, 0.3) is 5.91 Å². The lowest BCUT2D eigenvalue weighted by atomic mass is 10.1. The molecule has 1 amide bonds. The number of aryl methyl sites for hydroxylation is 2. The van der Waals surface area contributed by atoms with Crippen LogP contribution in [0.15, 0.2) is 36.4 Å². The van der Waals surface area contributed by atoms with Gasteiger partial charge in [-0.1, -0.05) is 17.7 Å². The van der Waals surface area contributed by atoms with Gasteiger partial charge in [0, 0.05) is 11.8 Å². The minimum absolute atomic E-state index is 0.0255. The summed E-state index contributed by atoms with van der Waals surface area (Å²) < 4.78 is 18.5. The van der Waals surface area contributed by atoms with Gasteiger partial charge >= 0.3 is 11.7 Å². The van der Waals surface area contributed by atoms with Gasteiger partial charge in [-0.15, -0.1) is 0 Å². The first-order chi connectivity index (χ1) is 12.2. The van der Waals surface area contributed by atoms with Gasteiger partial charge in [-0.2, -0.15) is 4.39 Å². The molecule has 7 nitrogen and oxygen atoms in total. The van der Waals surface area contributed by atoms with E-state index in [1.54, 1.807) is 19.1 Å². The lowest BCUT2D eigenvalue weighted by Crippen LogP contribution is -2.30. The first-order valence-electron chi connectivity index (χ1n) is 7.72. The predicted molar refractivity (Wildman–Crippen MR) is 92.5 cm³/mol. The van der Waals surface area contributed by atoms with Gasteiger partial charge in [-0.05, 0) is 44.5 Å². The highest BCUT2D eigenvalue weighted by Gasteiger charge is 2.21. The van der Waals surface area contributed by atoms with Crippen LogP contribution in [0.25, 0.3) is 0 Å². The Balaban J connectivity index is 2.07. The van der Waals surface area contributed by atoms with E-state index in [4.69, 9.17) is 4.74 Å². The summed E-state index contributed by atoms with van der Waals surface area (Å²) in [4.78, 5) is 34.2. The van der Waals surface area contributed by atoms with Crippen LogP contribution < -0.4 is 5.32 Å². The number of hydrogen-bond donors (Lipinski definition) is 1. The van der Waals surface area contributed by atoms with Crippen LogP contribution in [-0.2, 0) is 9.53 Å². The number of ether oxygens (including phenoxy) is 1. The Morgan fingerprint density at radius 2 is 1.88 bits per heavy atom. The Hall–Kier alpha value is -3.29. The molecule has 0 radical (unpaired) electrons. The highest BCUT2D eigenvalue weighted by Crippen LogP contribution is 2.22. The predicted octanol–water partition coefficient (Wildman–Crippen LogP) is 3.53. The molecule has 1 atom stereocenters. The van der Waals surface area contributed by atoms with Crippen molar-refractivity contribution in [2.24, 2.45) is 0 Å². The number of hydrogen-bond acceptors (Lipinski definition) is 5. The fourth-order valence-corrected chi connectivity index (χ4v) is 2.29. The molecule has 0 aliphatic heterocycles. The summed E-state index contributed by atoms with van der Waals surface area (Å²) in [5.74, 6) is -2.36. The van der Waals surface area contributed by atoms with Gasteiger partial charge < -0.3 is 10.1 Å². The zero-order chi connectivity index (χ0) is 19.4. The normalized spacial score (nSPS) is 11.5. The zero-order valence-electron chi connectivity index (χ0n) is 14.4. The second-order valence-corrected chi connectivity index (χ2v) is 5.78. The summed E-state index contributed by atoms with van der Waals surface area (Å²) >= 11 is 0. The largest absolute Gasteiger partial charge is 0.449 e. The summed E-state index contributed by atoms with van der Waals surface area (Å²) in [5.41, 5.74) is 1.31. The molecule has 26 heavy (non-hydrogen) atoms. The second kappa shape index (κ2) is 7.73. The second-order valence-electron chi connectivity index (χ2n) is 5.78. The first-order valence-corrected chi connectivity index (χ1v) is 7.72. The molecule has 2 rings (SSSR count). The number of nitro groups is 1. The number of nitrogens with one attached hydrogen (secondary N) is 1. The van der Waals surface area contributed by atoms with Crippen molar-refractivity contribution in [1.82, 2.24) is 0 Å². The van der Waals surface area contributed by atoms with Gasteiger partial charge in [0.2, 0.25) is 5.82 Å². The van der Waals surface area contributed by atoms with Crippen LogP contribution in [-0.4, -0.2) is 22.9 Å². The van der Waals surface area contributed by atoms with E-state index in [0.29, 0.717) is 5.56 Å². The summed E-state index contributed by atoms with van der Waals surface area (Å²) in [5, 5.41) is 13.1. The molecule has 2 aromatic rings. The van der Waals surface area contributed by atoms with Crippen molar-refractivity contribution in [1.29, 1.82) is 0 Å². The Labute approximate surface area is 148 Å². The van der Waals surface area contributed by atoms with Crippen molar-refractivity contribution in [2.45, 2.75) is 26.9 Å². The molecule has 0 aromatic heterocycles. The van der Waals surface area contributed by atoms with Crippen molar-refractivity contribution < 1.29 is 23.6 Å². The van der Waals surface area contributed by atoms with Crippen LogP contribution in [0.4, 0.5) is 15.8 Å². The number of anilines is 1. The third-order valence-electron chi connectivity index (χ3n) is 3.67. The Morgan fingerprint density at radius 3 is 2.50 bits per heavy atom. The fourth-order valence-electron chi connectivity index (χ4n) is 2.29. The van der Waals surface area contributed by atoms with E-state index in [9.17, 15) is 24.1 Å². The fraction of sp³-hybridized carbons (Fsp3) is 0.222. The van der Waals surface area contributed by atoms with Crippen molar-refractivity contribution in [2.75, 3.05) is 5.32 Å². The average molecular weight is 360 g/mol. The molecule has 0 aliphatic carbocycles. The van der Waals surface area contributed by atoms with E-state index in [1.807, 2.05) is 13.0 Å². The molecule has 0 unspecified atom stereocenters. The molecule has 0 bridgehead atoms. The van der Waals surface area contributed by atoms with Crippen LogP contribution in [0.3, 0.4) is 0 Å². The van der Waals surface area contributed by atoms with E-state index in [-0.39, 0.29) is 5.69 Å². The van der Waals surface area contributed by atoms with Crippen LogP contribution in [0, 0.1) is 29.8 Å². The number of nitrogens with zero attached hydrogens (tertiary/aromatic N) is 1. The minimum Gasteiger partial charge on any atom is -0.449 e. The third kappa shape index (κ3) is 4.41. The summed E-state index contributed by atoms with van der Waals surface area (Å²) in [6.45, 7) is 5.01. The highest BCUT2D eigenvalue weighted by atomic mass is 19.1. The quantitative estimate of drug-likeness (QED) is 0.500. The smallest absolute Gasteiger partial charge is 0.339 e. The maximum Gasteiger partial charge on any atom is 0.339 e. The first kappa shape index (κ1) is 19.0. The average Bonchev–Trinajstić information content (AvgIpc) is 2.55. The molecule has 136 valence electrons. The van der Waals surface area contributed by atoms with Crippen LogP contribution >= 0.6 is 0 Å². The number of carbonyl (C=O) groups excluding carboxylic acids is 2. The van der Waals surface area contributed by atoms with E-state index in [2.05, 4.69) is 5.32 Å². The maximum atomic E-state index is 13.3. The lowest BCUT2D eigenvalue weighted by molar-refractivity contribution is -0.387. The molecule has 0 saturated carbocycles. The molecule has 1 N–H and O–H groups in total. The number of rotatable bonds is 5. The number of nitro benzene ring substituents is 1. The topological polar surface area (TPSA) is 98.5 Å². The molecule has 0 saturated heterocycles. The van der Waals surface area contributed by atoms with Gasteiger partial charge in [0.05, 0.1) is 10.5 Å². The number of benzene rings is 2. The van der Waals surface area contributed by atoms with Gasteiger partial charge in [-0.3, -0.25) is 14.9 Å². The van der Waals surface area contributed by atoms with Crippen molar-refractivity contribution in [3.63, 3.8) is 0 Å². The Bertz CT molecular complexity index is 882. The molecule has 0 spiro atoms. The standard InChI is InChI=1S/C18H17FN2O5/c1-10-4-6-14(11(2)8-10)18(23)26-12(3)17(22)20-13-5-7-15(19)16(9-13)21(24)25/h4-9,12H,1-3H3,(H,20,22)/t12-/m1/s1. The SMILES string of the molecule is Cc1ccc(C(=O)O[C@H](C)C(=O)Nc2ccc(F)c([N+](=O)[O-])c2)c(C)c1. The number of halogens is 1. The molecule has 0 fully saturated rings. The molecular weight excluding hydrogens is 343 g/mol. The zero-order valence-corrected chi connectivity index (χ0v) is 14.4. The number of amides is 1. The van der Waals surface area contributed by atoms with Crippen molar-refractivity contribution >= 4 is 23.3 Å². The van der Waals surface area contributed by atoms with E-state index in [0.717, 1.165) is 23.3 Å². The molecule has 2 aromatic carbocycles. The van der Waals surface area contributed by atoms with E-state index in [1.165, 1.54) is 13.0 Å². The van der Waals surface area contributed by atoms with Gasteiger partial charge in [0.1, 0.15) is 0 Å². The van der Waals surface area contributed by atoms with E-state index >= 15 is 0 Å².